The van der Waals surface area contributed by atoms with Crippen LogP contribution in [0.15, 0.2) is 30.4 Å². The summed E-state index contributed by atoms with van der Waals surface area (Å²) in [6, 6.07) is 5.86. The lowest BCUT2D eigenvalue weighted by molar-refractivity contribution is -0.146. The van der Waals surface area contributed by atoms with Gasteiger partial charge in [0, 0.05) is 25.6 Å². The molecule has 0 aromatic heterocycles. The molecule has 2 aliphatic carbocycles. The Balaban J connectivity index is 1.51. The van der Waals surface area contributed by atoms with Crippen molar-refractivity contribution in [3.05, 3.63) is 35.9 Å². The minimum Gasteiger partial charge on any atom is -0.493 e. The van der Waals surface area contributed by atoms with E-state index in [-0.39, 0.29) is 29.3 Å². The van der Waals surface area contributed by atoms with E-state index >= 15 is 0 Å². The van der Waals surface area contributed by atoms with E-state index in [1.54, 1.807) is 21.1 Å². The second-order valence-electron chi connectivity index (χ2n) is 10.6. The third-order valence-electron chi connectivity index (χ3n) is 8.15. The molecular weight excluding hydrogens is 418 g/mol. The summed E-state index contributed by atoms with van der Waals surface area (Å²) in [5.74, 6) is 1.79. The lowest BCUT2D eigenvalue weighted by atomic mass is 9.55. The van der Waals surface area contributed by atoms with E-state index in [9.17, 15) is 9.90 Å². The molecule has 1 N–H and O–H groups in total. The van der Waals surface area contributed by atoms with Crippen molar-refractivity contribution in [3.8, 4) is 11.5 Å². The zero-order valence-corrected chi connectivity index (χ0v) is 20.5. The zero-order chi connectivity index (χ0) is 23.8. The van der Waals surface area contributed by atoms with Crippen LogP contribution in [-0.2, 0) is 16.1 Å². The van der Waals surface area contributed by atoms with Crippen molar-refractivity contribution in [2.24, 2.45) is 23.2 Å². The van der Waals surface area contributed by atoms with Crippen LogP contribution >= 0.6 is 0 Å². The van der Waals surface area contributed by atoms with Crippen molar-refractivity contribution >= 4 is 5.97 Å². The molecular formula is C27H39NO5. The summed E-state index contributed by atoms with van der Waals surface area (Å²) in [5, 5.41) is 10.2. The van der Waals surface area contributed by atoms with Crippen LogP contribution in [-0.4, -0.2) is 55.5 Å². The van der Waals surface area contributed by atoms with Gasteiger partial charge in [-0.1, -0.05) is 25.1 Å². The van der Waals surface area contributed by atoms with Gasteiger partial charge < -0.3 is 19.3 Å². The van der Waals surface area contributed by atoms with Gasteiger partial charge in [0.15, 0.2) is 11.5 Å². The van der Waals surface area contributed by atoms with E-state index in [4.69, 9.17) is 14.2 Å². The van der Waals surface area contributed by atoms with E-state index in [0.29, 0.717) is 37.1 Å². The Morgan fingerprint density at radius 1 is 1.30 bits per heavy atom. The van der Waals surface area contributed by atoms with E-state index in [2.05, 4.69) is 18.4 Å². The number of aliphatic hydroxyl groups excluding tert-OH is 1. The van der Waals surface area contributed by atoms with Crippen LogP contribution in [0.2, 0.25) is 0 Å². The first-order chi connectivity index (χ1) is 15.7. The lowest BCUT2D eigenvalue weighted by Gasteiger charge is -2.50. The molecule has 0 bridgehead atoms. The summed E-state index contributed by atoms with van der Waals surface area (Å²) >= 11 is 0. The van der Waals surface area contributed by atoms with E-state index < -0.39 is 6.10 Å². The van der Waals surface area contributed by atoms with Crippen LogP contribution in [0.25, 0.3) is 0 Å². The van der Waals surface area contributed by atoms with Gasteiger partial charge in [-0.3, -0.25) is 9.69 Å². The molecule has 2 saturated carbocycles. The molecule has 1 aliphatic heterocycles. The summed E-state index contributed by atoms with van der Waals surface area (Å²) in [7, 11) is 3.25. The molecule has 6 atom stereocenters. The Kier molecular flexibility index (Phi) is 7.06. The molecule has 0 radical (unpaired) electrons. The fourth-order valence-corrected chi connectivity index (χ4v) is 6.56. The fraction of sp³-hybridized carbons (Fsp3) is 0.667. The van der Waals surface area contributed by atoms with Crippen LogP contribution in [0.5, 0.6) is 11.5 Å². The number of carbonyl (C=O) groups is 1. The smallest absolute Gasteiger partial charge is 0.310 e. The predicted octanol–water partition coefficient (Wildman–Crippen LogP) is 4.20. The Bertz CT molecular complexity index is 883. The average molecular weight is 458 g/mol. The third kappa shape index (κ3) is 4.92. The average Bonchev–Trinajstić information content (AvgIpc) is 3.05. The Labute approximate surface area is 197 Å². The summed E-state index contributed by atoms with van der Waals surface area (Å²) in [6.07, 6.45) is 4.91. The molecule has 3 aliphatic rings. The quantitative estimate of drug-likeness (QED) is 0.466. The first-order valence-corrected chi connectivity index (χ1v) is 12.2. The fourth-order valence-electron chi connectivity index (χ4n) is 6.56. The number of benzene rings is 1. The number of ether oxygens (including phenoxy) is 3. The van der Waals surface area contributed by atoms with Gasteiger partial charge >= 0.3 is 5.97 Å². The van der Waals surface area contributed by atoms with Gasteiger partial charge in [0.2, 0.25) is 0 Å². The Hall–Kier alpha value is -2.05. The Morgan fingerprint density at radius 3 is 2.76 bits per heavy atom. The summed E-state index contributed by atoms with van der Waals surface area (Å²) in [4.78, 5) is 15.2. The van der Waals surface area contributed by atoms with Crippen LogP contribution in [0.3, 0.4) is 0 Å². The highest BCUT2D eigenvalue weighted by Gasteiger charge is 2.55. The molecule has 1 heterocycles. The molecule has 1 saturated heterocycles. The maximum atomic E-state index is 13.0. The second-order valence-corrected chi connectivity index (χ2v) is 10.6. The number of nitrogens with zero attached hydrogens (tertiary/aromatic N) is 1. The van der Waals surface area contributed by atoms with Crippen molar-refractivity contribution in [1.29, 1.82) is 0 Å². The van der Waals surface area contributed by atoms with Gasteiger partial charge in [-0.15, -0.1) is 0 Å². The predicted molar refractivity (Wildman–Crippen MR) is 127 cm³/mol. The summed E-state index contributed by atoms with van der Waals surface area (Å²) in [5.41, 5.74) is 2.60. The minimum atomic E-state index is -0.494. The molecule has 6 nitrogen and oxygen atoms in total. The number of fused-ring (bicyclic) bond motifs is 2. The number of aliphatic hydroxyl groups is 1. The number of hydrogen-bond donors (Lipinski definition) is 1. The number of methoxy groups -OCH3 is 2. The van der Waals surface area contributed by atoms with Gasteiger partial charge in [0.05, 0.1) is 26.2 Å². The van der Waals surface area contributed by atoms with Gasteiger partial charge in [-0.25, -0.2) is 0 Å². The maximum Gasteiger partial charge on any atom is 0.310 e. The third-order valence-corrected chi connectivity index (χ3v) is 8.15. The standard InChI is InChI=1S/C27H39NO5/c1-17-7-6-10-27(3)13-25-20(12-22(17)27)21(26(30)33-25)16-28(14-18(2)29)15-19-8-9-23(31-4)24(11-19)32-5/h8-9,11,18,20-22,25,29H,1,6-7,10,12-16H2,2-5H3/t18-,20-,21-,22+,25-,27-/m1/s1. The van der Waals surface area contributed by atoms with Gasteiger partial charge in [-0.05, 0) is 68.1 Å². The van der Waals surface area contributed by atoms with Crippen molar-refractivity contribution in [2.75, 3.05) is 27.3 Å². The SMILES string of the molecule is C=C1CCC[C@]2(C)C[C@H]3OC(=O)[C@H](CN(Cc4ccc(OC)c(OC)c4)C[C@@H](C)O)[C@H]3C[C@@H]12. The Morgan fingerprint density at radius 2 is 2.06 bits per heavy atom. The number of rotatable bonds is 8. The maximum absolute atomic E-state index is 13.0. The van der Waals surface area contributed by atoms with Crippen LogP contribution in [0.4, 0.5) is 0 Å². The minimum absolute atomic E-state index is 0.00382. The largest absolute Gasteiger partial charge is 0.493 e. The zero-order valence-electron chi connectivity index (χ0n) is 20.5. The molecule has 33 heavy (non-hydrogen) atoms. The topological polar surface area (TPSA) is 68.2 Å². The number of allylic oxidation sites excluding steroid dienone is 1. The molecule has 3 fully saturated rings. The molecule has 1 aromatic rings. The molecule has 0 spiro atoms. The van der Waals surface area contributed by atoms with Crippen molar-refractivity contribution in [3.63, 3.8) is 0 Å². The molecule has 4 rings (SSSR count). The first-order valence-electron chi connectivity index (χ1n) is 12.2. The van der Waals surface area contributed by atoms with Crippen LogP contribution < -0.4 is 9.47 Å². The van der Waals surface area contributed by atoms with Crippen molar-refractivity contribution in [2.45, 2.75) is 64.7 Å². The highest BCUT2D eigenvalue weighted by molar-refractivity contribution is 5.75. The highest BCUT2D eigenvalue weighted by Crippen LogP contribution is 2.57. The van der Waals surface area contributed by atoms with Gasteiger partial charge in [0.25, 0.3) is 0 Å². The normalized spacial score (nSPS) is 32.2. The molecule has 1 aromatic carbocycles. The van der Waals surface area contributed by atoms with Gasteiger partial charge in [0.1, 0.15) is 6.10 Å². The number of esters is 1. The lowest BCUT2D eigenvalue weighted by Crippen LogP contribution is -2.46. The van der Waals surface area contributed by atoms with E-state index in [1.807, 2.05) is 18.2 Å². The monoisotopic (exact) mass is 457 g/mol. The summed E-state index contributed by atoms with van der Waals surface area (Å²) < 4.78 is 16.8. The molecule has 0 unspecified atom stereocenters. The first kappa shape index (κ1) is 24.1. The second kappa shape index (κ2) is 9.67. The number of hydrogen-bond acceptors (Lipinski definition) is 6. The number of carbonyl (C=O) groups excluding carboxylic acids is 1. The van der Waals surface area contributed by atoms with Crippen molar-refractivity contribution < 1.29 is 24.1 Å². The van der Waals surface area contributed by atoms with Gasteiger partial charge in [-0.2, -0.15) is 0 Å². The molecule has 182 valence electrons. The molecule has 0 amide bonds. The van der Waals surface area contributed by atoms with Crippen molar-refractivity contribution in [1.82, 2.24) is 4.90 Å². The van der Waals surface area contributed by atoms with Crippen LogP contribution in [0, 0.1) is 23.2 Å². The molecule has 6 heteroatoms. The van der Waals surface area contributed by atoms with E-state index in [1.165, 1.54) is 18.4 Å². The van der Waals surface area contributed by atoms with E-state index in [0.717, 1.165) is 24.8 Å². The highest BCUT2D eigenvalue weighted by atomic mass is 16.6. The summed E-state index contributed by atoms with van der Waals surface area (Å²) in [6.45, 7) is 10.2. The van der Waals surface area contributed by atoms with Crippen LogP contribution in [0.1, 0.15) is 51.5 Å².